The SMILES string of the molecule is Cc1c[nH]c2ncnc(N3CCC(CN=[N+]=[N-])CC3)c12. The highest BCUT2D eigenvalue weighted by atomic mass is 15.2. The third kappa shape index (κ3) is 2.28. The average molecular weight is 271 g/mol. The summed E-state index contributed by atoms with van der Waals surface area (Å²) in [5, 5.41) is 4.79. The molecule has 2 aromatic rings. The van der Waals surface area contributed by atoms with Gasteiger partial charge in [-0.05, 0) is 36.8 Å². The maximum atomic E-state index is 8.38. The van der Waals surface area contributed by atoms with E-state index in [4.69, 9.17) is 5.53 Å². The smallest absolute Gasteiger partial charge is 0.143 e. The molecular weight excluding hydrogens is 254 g/mol. The first kappa shape index (κ1) is 12.7. The van der Waals surface area contributed by atoms with Gasteiger partial charge >= 0.3 is 0 Å². The van der Waals surface area contributed by atoms with E-state index in [-0.39, 0.29) is 0 Å². The first-order valence-electron chi connectivity index (χ1n) is 6.84. The van der Waals surface area contributed by atoms with E-state index in [1.807, 2.05) is 6.20 Å². The molecule has 3 rings (SSSR count). The van der Waals surface area contributed by atoms with Crippen LogP contribution >= 0.6 is 0 Å². The molecule has 0 bridgehead atoms. The zero-order valence-corrected chi connectivity index (χ0v) is 11.5. The van der Waals surface area contributed by atoms with Gasteiger partial charge in [-0.3, -0.25) is 0 Å². The topological polar surface area (TPSA) is 93.6 Å². The van der Waals surface area contributed by atoms with Crippen molar-refractivity contribution in [2.45, 2.75) is 19.8 Å². The van der Waals surface area contributed by atoms with Crippen LogP contribution < -0.4 is 4.90 Å². The minimum absolute atomic E-state index is 0.492. The molecule has 0 atom stereocenters. The highest BCUT2D eigenvalue weighted by Crippen LogP contribution is 2.29. The van der Waals surface area contributed by atoms with E-state index in [2.05, 4.69) is 36.8 Å². The highest BCUT2D eigenvalue weighted by molar-refractivity contribution is 5.90. The molecule has 1 fully saturated rings. The fourth-order valence-corrected chi connectivity index (χ4v) is 2.82. The lowest BCUT2D eigenvalue weighted by Gasteiger charge is -2.32. The number of H-pyrrole nitrogens is 1. The van der Waals surface area contributed by atoms with Crippen molar-refractivity contribution in [1.29, 1.82) is 0 Å². The summed E-state index contributed by atoms with van der Waals surface area (Å²) >= 11 is 0. The molecule has 1 aliphatic rings. The number of azide groups is 1. The number of nitrogens with zero attached hydrogens (tertiary/aromatic N) is 6. The van der Waals surface area contributed by atoms with E-state index < -0.39 is 0 Å². The summed E-state index contributed by atoms with van der Waals surface area (Å²) in [6.07, 6.45) is 5.65. The van der Waals surface area contributed by atoms with Crippen molar-refractivity contribution in [3.8, 4) is 0 Å². The predicted molar refractivity (Wildman–Crippen MR) is 77.6 cm³/mol. The quantitative estimate of drug-likeness (QED) is 0.528. The molecule has 104 valence electrons. The lowest BCUT2D eigenvalue weighted by Crippen LogP contribution is -2.35. The summed E-state index contributed by atoms with van der Waals surface area (Å²) in [4.78, 5) is 17.0. The molecule has 0 radical (unpaired) electrons. The predicted octanol–water partition coefficient (Wildman–Crippen LogP) is 2.79. The van der Waals surface area contributed by atoms with Crippen LogP contribution in [0.3, 0.4) is 0 Å². The van der Waals surface area contributed by atoms with Crippen molar-refractivity contribution in [2.75, 3.05) is 24.5 Å². The number of rotatable bonds is 3. The number of hydrogen-bond donors (Lipinski definition) is 1. The molecule has 0 aromatic carbocycles. The van der Waals surface area contributed by atoms with Crippen LogP contribution in [0.4, 0.5) is 5.82 Å². The molecule has 0 amide bonds. The van der Waals surface area contributed by atoms with E-state index in [1.165, 1.54) is 5.56 Å². The van der Waals surface area contributed by atoms with Gasteiger partial charge < -0.3 is 9.88 Å². The Hall–Kier alpha value is -2.27. The molecule has 1 aliphatic heterocycles. The van der Waals surface area contributed by atoms with Crippen LogP contribution in [0.25, 0.3) is 21.5 Å². The van der Waals surface area contributed by atoms with Crippen molar-refractivity contribution in [3.63, 3.8) is 0 Å². The van der Waals surface area contributed by atoms with E-state index in [1.54, 1.807) is 6.33 Å². The minimum Gasteiger partial charge on any atom is -0.356 e. The maximum absolute atomic E-state index is 8.38. The van der Waals surface area contributed by atoms with Gasteiger partial charge in [-0.1, -0.05) is 5.11 Å². The number of fused-ring (bicyclic) bond motifs is 1. The normalized spacial score (nSPS) is 16.4. The monoisotopic (exact) mass is 271 g/mol. The zero-order chi connectivity index (χ0) is 13.9. The number of hydrogen-bond acceptors (Lipinski definition) is 4. The number of aromatic amines is 1. The van der Waals surface area contributed by atoms with Crippen LogP contribution in [0, 0.1) is 12.8 Å². The minimum atomic E-state index is 0.492. The molecule has 7 heteroatoms. The van der Waals surface area contributed by atoms with Gasteiger partial charge in [0.25, 0.3) is 0 Å². The summed E-state index contributed by atoms with van der Waals surface area (Å²) in [6.45, 7) is 4.57. The van der Waals surface area contributed by atoms with E-state index in [0.717, 1.165) is 42.8 Å². The van der Waals surface area contributed by atoms with Gasteiger partial charge in [0.15, 0.2) is 0 Å². The molecule has 1 saturated heterocycles. The van der Waals surface area contributed by atoms with Crippen LogP contribution in [0.15, 0.2) is 17.6 Å². The van der Waals surface area contributed by atoms with Crippen molar-refractivity contribution in [2.24, 2.45) is 11.0 Å². The second-order valence-corrected chi connectivity index (χ2v) is 5.24. The van der Waals surface area contributed by atoms with Crippen LogP contribution in [-0.2, 0) is 0 Å². The van der Waals surface area contributed by atoms with Crippen molar-refractivity contribution in [1.82, 2.24) is 15.0 Å². The first-order valence-corrected chi connectivity index (χ1v) is 6.84. The number of anilines is 1. The van der Waals surface area contributed by atoms with Gasteiger partial charge in [0.05, 0.1) is 5.39 Å². The molecule has 2 aromatic heterocycles. The molecule has 0 saturated carbocycles. The van der Waals surface area contributed by atoms with E-state index >= 15 is 0 Å². The standard InChI is InChI=1S/C13H17N7/c1-9-6-15-12-11(9)13(17-8-16-12)20-4-2-10(3-5-20)7-18-19-14/h6,8,10H,2-5,7H2,1H3,(H,15,16,17). The molecule has 0 spiro atoms. The van der Waals surface area contributed by atoms with Gasteiger partial charge in [-0.25, -0.2) is 9.97 Å². The summed E-state index contributed by atoms with van der Waals surface area (Å²) < 4.78 is 0. The summed E-state index contributed by atoms with van der Waals surface area (Å²) in [5.74, 6) is 1.50. The van der Waals surface area contributed by atoms with Gasteiger partial charge in [-0.15, -0.1) is 0 Å². The van der Waals surface area contributed by atoms with Crippen LogP contribution in [0.2, 0.25) is 0 Å². The maximum Gasteiger partial charge on any atom is 0.143 e. The first-order chi connectivity index (χ1) is 9.79. The number of aryl methyl sites for hydroxylation is 1. The number of aromatic nitrogens is 3. The molecule has 0 unspecified atom stereocenters. The van der Waals surface area contributed by atoms with Crippen LogP contribution in [0.5, 0.6) is 0 Å². The Morgan fingerprint density at radius 2 is 2.25 bits per heavy atom. The Morgan fingerprint density at radius 1 is 1.45 bits per heavy atom. The molecular formula is C13H17N7. The molecule has 7 nitrogen and oxygen atoms in total. The van der Waals surface area contributed by atoms with Crippen LogP contribution in [-0.4, -0.2) is 34.6 Å². The Bertz CT molecular complexity index is 648. The lowest BCUT2D eigenvalue weighted by atomic mass is 9.97. The molecule has 20 heavy (non-hydrogen) atoms. The molecule has 1 N–H and O–H groups in total. The largest absolute Gasteiger partial charge is 0.356 e. The van der Waals surface area contributed by atoms with E-state index in [9.17, 15) is 0 Å². The zero-order valence-electron chi connectivity index (χ0n) is 11.5. The van der Waals surface area contributed by atoms with Crippen molar-refractivity contribution < 1.29 is 0 Å². The third-order valence-corrected chi connectivity index (χ3v) is 3.96. The van der Waals surface area contributed by atoms with Crippen LogP contribution in [0.1, 0.15) is 18.4 Å². The Balaban J connectivity index is 1.80. The Morgan fingerprint density at radius 3 is 3.00 bits per heavy atom. The fourth-order valence-electron chi connectivity index (χ4n) is 2.82. The Labute approximate surface area is 116 Å². The van der Waals surface area contributed by atoms with Gasteiger partial charge in [0.1, 0.15) is 17.8 Å². The van der Waals surface area contributed by atoms with Gasteiger partial charge in [-0.2, -0.15) is 0 Å². The third-order valence-electron chi connectivity index (χ3n) is 3.96. The van der Waals surface area contributed by atoms with Gasteiger partial charge in [0, 0.05) is 30.7 Å². The molecule has 3 heterocycles. The van der Waals surface area contributed by atoms with Gasteiger partial charge in [0.2, 0.25) is 0 Å². The molecule has 0 aliphatic carbocycles. The summed E-state index contributed by atoms with van der Waals surface area (Å²) in [7, 11) is 0. The number of piperidine rings is 1. The van der Waals surface area contributed by atoms with E-state index in [0.29, 0.717) is 12.5 Å². The van der Waals surface area contributed by atoms with Crippen molar-refractivity contribution in [3.05, 3.63) is 28.5 Å². The second-order valence-electron chi connectivity index (χ2n) is 5.24. The summed E-state index contributed by atoms with van der Waals surface area (Å²) in [6, 6.07) is 0. The van der Waals surface area contributed by atoms with Crippen molar-refractivity contribution >= 4 is 16.9 Å². The average Bonchev–Trinajstić information content (AvgIpc) is 2.87. The highest BCUT2D eigenvalue weighted by Gasteiger charge is 2.22. The summed E-state index contributed by atoms with van der Waals surface area (Å²) in [5.41, 5.74) is 10.4. The number of nitrogens with one attached hydrogen (secondary N) is 1. The lowest BCUT2D eigenvalue weighted by molar-refractivity contribution is 0.413. The fraction of sp³-hybridized carbons (Fsp3) is 0.538. The second kappa shape index (κ2) is 5.38. The Kier molecular flexibility index (Phi) is 3.43.